The standard InChI is InChI=1S/C19H19FN2O4S/c1-12-7-8-16(13(2)9-12)27-11-18(24)26-10-17(23)21-22-19(25)14-5-3-4-6-15(14)20/h3-9H,10-11H2,1-2H3,(H,21,23)(H,22,25). The predicted octanol–water partition coefficient (Wildman–Crippen LogP) is 2.54. The Hall–Kier alpha value is -2.87. The van der Waals surface area contributed by atoms with E-state index in [2.05, 4.69) is 10.9 Å². The van der Waals surface area contributed by atoms with Gasteiger partial charge in [-0.25, -0.2) is 4.39 Å². The molecule has 142 valence electrons. The molecule has 0 saturated heterocycles. The van der Waals surface area contributed by atoms with Crippen LogP contribution in [0.2, 0.25) is 0 Å². The van der Waals surface area contributed by atoms with Crippen molar-refractivity contribution < 1.29 is 23.5 Å². The molecule has 8 heteroatoms. The Morgan fingerprint density at radius 1 is 1.07 bits per heavy atom. The summed E-state index contributed by atoms with van der Waals surface area (Å²) in [6.45, 7) is 3.38. The van der Waals surface area contributed by atoms with Crippen LogP contribution >= 0.6 is 11.8 Å². The van der Waals surface area contributed by atoms with Gasteiger partial charge in [0.15, 0.2) is 6.61 Å². The molecule has 0 heterocycles. The fraction of sp³-hybridized carbons (Fsp3) is 0.211. The Kier molecular flexibility index (Phi) is 7.36. The molecule has 0 saturated carbocycles. The number of thioether (sulfide) groups is 1. The van der Waals surface area contributed by atoms with E-state index in [1.807, 2.05) is 32.0 Å². The molecule has 0 aromatic heterocycles. The van der Waals surface area contributed by atoms with Crippen molar-refractivity contribution in [3.8, 4) is 0 Å². The molecule has 0 fully saturated rings. The average molecular weight is 390 g/mol. The number of carbonyl (C=O) groups is 3. The first-order valence-corrected chi connectivity index (χ1v) is 9.05. The van der Waals surface area contributed by atoms with Crippen molar-refractivity contribution in [2.45, 2.75) is 18.7 Å². The van der Waals surface area contributed by atoms with Crippen LogP contribution in [0.3, 0.4) is 0 Å². The Bertz CT molecular complexity index is 857. The number of hydrogen-bond acceptors (Lipinski definition) is 5. The van der Waals surface area contributed by atoms with E-state index in [4.69, 9.17) is 4.74 Å². The largest absolute Gasteiger partial charge is 0.455 e. The number of carbonyl (C=O) groups excluding carboxylic acids is 3. The minimum Gasteiger partial charge on any atom is -0.455 e. The lowest BCUT2D eigenvalue weighted by Crippen LogP contribution is -2.43. The molecule has 0 unspecified atom stereocenters. The summed E-state index contributed by atoms with van der Waals surface area (Å²) >= 11 is 1.31. The monoisotopic (exact) mass is 390 g/mol. The van der Waals surface area contributed by atoms with Gasteiger partial charge in [-0.3, -0.25) is 25.2 Å². The van der Waals surface area contributed by atoms with Crippen LogP contribution in [0, 0.1) is 19.7 Å². The van der Waals surface area contributed by atoms with Gasteiger partial charge in [-0.15, -0.1) is 11.8 Å². The van der Waals surface area contributed by atoms with Gasteiger partial charge < -0.3 is 4.74 Å². The van der Waals surface area contributed by atoms with Gasteiger partial charge in [0.05, 0.1) is 11.3 Å². The zero-order valence-corrected chi connectivity index (χ0v) is 15.7. The maximum absolute atomic E-state index is 13.4. The van der Waals surface area contributed by atoms with Crippen LogP contribution in [-0.2, 0) is 14.3 Å². The number of amides is 2. The minimum absolute atomic E-state index is 0.0543. The molecule has 2 N–H and O–H groups in total. The van der Waals surface area contributed by atoms with Crippen molar-refractivity contribution in [3.05, 3.63) is 65.0 Å². The molecule has 0 spiro atoms. The van der Waals surface area contributed by atoms with E-state index in [0.717, 1.165) is 22.1 Å². The normalized spacial score (nSPS) is 10.2. The zero-order valence-electron chi connectivity index (χ0n) is 14.9. The molecule has 6 nitrogen and oxygen atoms in total. The molecule has 2 amide bonds. The van der Waals surface area contributed by atoms with Crippen LogP contribution in [0.1, 0.15) is 21.5 Å². The molecular weight excluding hydrogens is 371 g/mol. The third-order valence-electron chi connectivity index (χ3n) is 3.47. The van der Waals surface area contributed by atoms with Gasteiger partial charge in [0.25, 0.3) is 11.8 Å². The number of benzene rings is 2. The average Bonchev–Trinajstić information content (AvgIpc) is 2.64. The number of esters is 1. The molecule has 0 atom stereocenters. The van der Waals surface area contributed by atoms with Gasteiger partial charge in [0, 0.05) is 4.90 Å². The number of rotatable bonds is 6. The fourth-order valence-electron chi connectivity index (χ4n) is 2.16. The van der Waals surface area contributed by atoms with Crippen molar-refractivity contribution in [1.82, 2.24) is 10.9 Å². The van der Waals surface area contributed by atoms with Crippen LogP contribution in [0.4, 0.5) is 4.39 Å². The molecule has 2 rings (SSSR count). The van der Waals surface area contributed by atoms with E-state index < -0.39 is 30.2 Å². The summed E-state index contributed by atoms with van der Waals surface area (Å²) in [5.74, 6) is -2.75. The van der Waals surface area contributed by atoms with Crippen LogP contribution in [-0.4, -0.2) is 30.1 Å². The van der Waals surface area contributed by atoms with Gasteiger partial charge >= 0.3 is 5.97 Å². The highest BCUT2D eigenvalue weighted by atomic mass is 32.2. The Labute approximate surface area is 160 Å². The molecule has 0 bridgehead atoms. The third-order valence-corrected chi connectivity index (χ3v) is 4.62. The molecule has 2 aromatic carbocycles. The highest BCUT2D eigenvalue weighted by molar-refractivity contribution is 8.00. The lowest BCUT2D eigenvalue weighted by molar-refractivity contribution is -0.146. The molecule has 0 aliphatic carbocycles. The van der Waals surface area contributed by atoms with Crippen molar-refractivity contribution in [3.63, 3.8) is 0 Å². The van der Waals surface area contributed by atoms with E-state index in [9.17, 15) is 18.8 Å². The highest BCUT2D eigenvalue weighted by Crippen LogP contribution is 2.23. The Morgan fingerprint density at radius 3 is 2.52 bits per heavy atom. The summed E-state index contributed by atoms with van der Waals surface area (Å²) in [4.78, 5) is 36.1. The smallest absolute Gasteiger partial charge is 0.316 e. The number of hydrazine groups is 1. The summed E-state index contributed by atoms with van der Waals surface area (Å²) in [5.41, 5.74) is 6.10. The summed E-state index contributed by atoms with van der Waals surface area (Å²) in [7, 11) is 0. The lowest BCUT2D eigenvalue weighted by Gasteiger charge is -2.09. The van der Waals surface area contributed by atoms with Crippen LogP contribution in [0.15, 0.2) is 47.4 Å². The molecule has 27 heavy (non-hydrogen) atoms. The van der Waals surface area contributed by atoms with Crippen molar-refractivity contribution in [2.75, 3.05) is 12.4 Å². The zero-order chi connectivity index (χ0) is 19.8. The molecule has 2 aromatic rings. The topological polar surface area (TPSA) is 84.5 Å². The van der Waals surface area contributed by atoms with E-state index in [-0.39, 0.29) is 11.3 Å². The second kappa shape index (κ2) is 9.72. The first kappa shape index (κ1) is 20.4. The van der Waals surface area contributed by atoms with Crippen molar-refractivity contribution >= 4 is 29.5 Å². The number of halogens is 1. The van der Waals surface area contributed by atoms with E-state index in [0.29, 0.717) is 0 Å². The first-order valence-electron chi connectivity index (χ1n) is 8.06. The Morgan fingerprint density at radius 2 is 1.81 bits per heavy atom. The quantitative estimate of drug-likeness (QED) is 0.450. The first-order chi connectivity index (χ1) is 12.9. The highest BCUT2D eigenvalue weighted by Gasteiger charge is 2.13. The second-order valence-corrected chi connectivity index (χ2v) is 6.72. The number of nitrogens with one attached hydrogen (secondary N) is 2. The third kappa shape index (κ3) is 6.41. The Balaban J connectivity index is 1.71. The fourth-order valence-corrected chi connectivity index (χ4v) is 2.97. The maximum atomic E-state index is 13.4. The van der Waals surface area contributed by atoms with Gasteiger partial charge in [-0.1, -0.05) is 29.8 Å². The van der Waals surface area contributed by atoms with Gasteiger partial charge in [0.1, 0.15) is 5.82 Å². The van der Waals surface area contributed by atoms with Crippen LogP contribution in [0.25, 0.3) is 0 Å². The van der Waals surface area contributed by atoms with Gasteiger partial charge in [0.2, 0.25) is 0 Å². The SMILES string of the molecule is Cc1ccc(SCC(=O)OCC(=O)NNC(=O)c2ccccc2F)c(C)c1. The number of aryl methyl sites for hydroxylation is 2. The molecule has 0 radical (unpaired) electrons. The van der Waals surface area contributed by atoms with E-state index in [1.54, 1.807) is 0 Å². The van der Waals surface area contributed by atoms with Gasteiger partial charge in [-0.2, -0.15) is 0 Å². The van der Waals surface area contributed by atoms with Crippen LogP contribution < -0.4 is 10.9 Å². The van der Waals surface area contributed by atoms with Crippen molar-refractivity contribution in [2.24, 2.45) is 0 Å². The van der Waals surface area contributed by atoms with Crippen molar-refractivity contribution in [1.29, 1.82) is 0 Å². The summed E-state index contributed by atoms with van der Waals surface area (Å²) in [6.07, 6.45) is 0. The summed E-state index contributed by atoms with van der Waals surface area (Å²) in [5, 5.41) is 0. The van der Waals surface area contributed by atoms with Crippen LogP contribution in [0.5, 0.6) is 0 Å². The van der Waals surface area contributed by atoms with Gasteiger partial charge in [-0.05, 0) is 37.6 Å². The van der Waals surface area contributed by atoms with E-state index >= 15 is 0 Å². The second-order valence-electron chi connectivity index (χ2n) is 5.70. The summed E-state index contributed by atoms with van der Waals surface area (Å²) in [6, 6.07) is 11.2. The number of ether oxygens (including phenoxy) is 1. The number of hydrogen-bond donors (Lipinski definition) is 2. The lowest BCUT2D eigenvalue weighted by atomic mass is 10.2. The minimum atomic E-state index is -0.807. The molecule has 0 aliphatic heterocycles. The van der Waals surface area contributed by atoms with E-state index in [1.165, 1.54) is 30.0 Å². The molecular formula is C19H19FN2O4S. The predicted molar refractivity (Wildman–Crippen MR) is 99.6 cm³/mol. The maximum Gasteiger partial charge on any atom is 0.316 e. The summed E-state index contributed by atoms with van der Waals surface area (Å²) < 4.78 is 18.3. The molecule has 0 aliphatic rings.